The van der Waals surface area contributed by atoms with Gasteiger partial charge in [0.2, 0.25) is 5.91 Å². The maximum absolute atomic E-state index is 11.2. The number of alkyl halides is 1. The molecule has 2 nitrogen and oxygen atoms in total. The molecule has 62 valence electrons. The Balaban J connectivity index is 2.33. The summed E-state index contributed by atoms with van der Waals surface area (Å²) in [5, 5.41) is 2.92. The lowest BCUT2D eigenvalue weighted by Gasteiger charge is -2.25. The third-order valence-electron chi connectivity index (χ3n) is 1.95. The molecule has 2 rings (SSSR count). The molecule has 1 aliphatic heterocycles. The standard InChI is InChI=1S/C9H8INO/c10-7-5-6-3-1-2-4-8(6)11-9(7)12/h1-5,7-8H,(H,11,12). The number of hydrogen-bond donors (Lipinski definition) is 1. The summed E-state index contributed by atoms with van der Waals surface area (Å²) in [6.07, 6.45) is 9.98. The first kappa shape index (κ1) is 8.04. The fourth-order valence-corrected chi connectivity index (χ4v) is 1.92. The van der Waals surface area contributed by atoms with Crippen molar-refractivity contribution in [2.24, 2.45) is 0 Å². The molecule has 0 fully saturated rings. The molecule has 1 N–H and O–H groups in total. The van der Waals surface area contributed by atoms with Crippen LogP contribution >= 0.6 is 22.6 Å². The van der Waals surface area contributed by atoms with Gasteiger partial charge in [-0.3, -0.25) is 4.79 Å². The summed E-state index contributed by atoms with van der Waals surface area (Å²) in [4.78, 5) is 11.2. The van der Waals surface area contributed by atoms with Crippen molar-refractivity contribution in [1.82, 2.24) is 5.32 Å². The number of carbonyl (C=O) groups excluding carboxylic acids is 1. The molecule has 0 saturated heterocycles. The second-order valence-corrected chi connectivity index (χ2v) is 4.14. The van der Waals surface area contributed by atoms with Gasteiger partial charge in [-0.2, -0.15) is 0 Å². The van der Waals surface area contributed by atoms with E-state index < -0.39 is 0 Å². The van der Waals surface area contributed by atoms with Gasteiger partial charge in [-0.25, -0.2) is 0 Å². The summed E-state index contributed by atoms with van der Waals surface area (Å²) in [6.45, 7) is 0. The highest BCUT2D eigenvalue weighted by Gasteiger charge is 2.24. The first-order chi connectivity index (χ1) is 5.77. The van der Waals surface area contributed by atoms with Crippen molar-refractivity contribution in [3.8, 4) is 0 Å². The van der Waals surface area contributed by atoms with E-state index in [1.165, 1.54) is 5.57 Å². The van der Waals surface area contributed by atoms with Crippen molar-refractivity contribution in [2.45, 2.75) is 9.97 Å². The Labute approximate surface area is 84.6 Å². The lowest BCUT2D eigenvalue weighted by molar-refractivity contribution is -0.120. The minimum absolute atomic E-state index is 0.0231. The van der Waals surface area contributed by atoms with Crippen molar-refractivity contribution < 1.29 is 4.79 Å². The largest absolute Gasteiger partial charge is 0.345 e. The van der Waals surface area contributed by atoms with Crippen LogP contribution in [0.15, 0.2) is 36.0 Å². The molecular formula is C9H8INO. The van der Waals surface area contributed by atoms with Crippen LogP contribution in [0.5, 0.6) is 0 Å². The van der Waals surface area contributed by atoms with E-state index in [1.54, 1.807) is 0 Å². The number of nitrogens with one attached hydrogen (secondary N) is 1. The van der Waals surface area contributed by atoms with E-state index in [-0.39, 0.29) is 15.9 Å². The molecule has 2 unspecified atom stereocenters. The van der Waals surface area contributed by atoms with Crippen LogP contribution < -0.4 is 5.32 Å². The van der Waals surface area contributed by atoms with E-state index in [2.05, 4.69) is 27.9 Å². The summed E-state index contributed by atoms with van der Waals surface area (Å²) >= 11 is 2.13. The quantitative estimate of drug-likeness (QED) is 0.523. The van der Waals surface area contributed by atoms with Crippen LogP contribution in [0.3, 0.4) is 0 Å². The van der Waals surface area contributed by atoms with Crippen LogP contribution in [-0.2, 0) is 4.79 Å². The Kier molecular flexibility index (Phi) is 2.04. The second-order valence-electron chi connectivity index (χ2n) is 2.80. The maximum atomic E-state index is 11.2. The minimum Gasteiger partial charge on any atom is -0.345 e. The zero-order valence-corrected chi connectivity index (χ0v) is 8.49. The average molecular weight is 273 g/mol. The maximum Gasteiger partial charge on any atom is 0.237 e. The number of fused-ring (bicyclic) bond motifs is 1. The number of hydrogen-bond acceptors (Lipinski definition) is 1. The van der Waals surface area contributed by atoms with Crippen molar-refractivity contribution in [2.75, 3.05) is 0 Å². The topological polar surface area (TPSA) is 29.1 Å². The predicted molar refractivity (Wildman–Crippen MR) is 56.1 cm³/mol. The van der Waals surface area contributed by atoms with Gasteiger partial charge in [0, 0.05) is 0 Å². The van der Waals surface area contributed by atoms with E-state index >= 15 is 0 Å². The fourth-order valence-electron chi connectivity index (χ4n) is 1.32. The van der Waals surface area contributed by atoms with E-state index in [1.807, 2.05) is 30.4 Å². The highest BCUT2D eigenvalue weighted by Crippen LogP contribution is 2.20. The van der Waals surface area contributed by atoms with Crippen LogP contribution in [0.1, 0.15) is 0 Å². The van der Waals surface area contributed by atoms with Crippen LogP contribution in [0, 0.1) is 0 Å². The molecule has 12 heavy (non-hydrogen) atoms. The van der Waals surface area contributed by atoms with Crippen LogP contribution in [0.4, 0.5) is 0 Å². The lowest BCUT2D eigenvalue weighted by atomic mass is 9.98. The molecule has 1 amide bonds. The van der Waals surface area contributed by atoms with Gasteiger partial charge in [-0.1, -0.05) is 53.0 Å². The van der Waals surface area contributed by atoms with E-state index in [9.17, 15) is 4.79 Å². The summed E-state index contributed by atoms with van der Waals surface area (Å²) in [6, 6.07) is 0.105. The van der Waals surface area contributed by atoms with Gasteiger partial charge >= 0.3 is 0 Å². The van der Waals surface area contributed by atoms with Gasteiger partial charge < -0.3 is 5.32 Å². The van der Waals surface area contributed by atoms with Crippen molar-refractivity contribution >= 4 is 28.5 Å². The molecule has 0 saturated carbocycles. The smallest absolute Gasteiger partial charge is 0.237 e. The third-order valence-corrected chi connectivity index (χ3v) is 2.87. The highest BCUT2D eigenvalue weighted by atomic mass is 127. The number of carbonyl (C=O) groups is 1. The fraction of sp³-hybridized carbons (Fsp3) is 0.222. The van der Waals surface area contributed by atoms with Gasteiger partial charge in [0.1, 0.15) is 3.92 Å². The predicted octanol–water partition coefficient (Wildman–Crippen LogP) is 1.34. The Morgan fingerprint density at radius 2 is 2.25 bits per heavy atom. The van der Waals surface area contributed by atoms with Crippen LogP contribution in [0.2, 0.25) is 0 Å². The molecule has 0 aromatic heterocycles. The molecule has 2 atom stereocenters. The summed E-state index contributed by atoms with van der Waals surface area (Å²) in [7, 11) is 0. The minimum atomic E-state index is -0.0231. The third kappa shape index (κ3) is 1.33. The summed E-state index contributed by atoms with van der Waals surface area (Å²) in [5.74, 6) is 0.101. The molecule has 1 aliphatic carbocycles. The molecule has 0 aromatic carbocycles. The molecule has 2 aliphatic rings. The average Bonchev–Trinajstić information content (AvgIpc) is 2.07. The van der Waals surface area contributed by atoms with Crippen molar-refractivity contribution in [3.63, 3.8) is 0 Å². The summed E-state index contributed by atoms with van der Waals surface area (Å²) in [5.41, 5.74) is 1.19. The molecule has 0 bridgehead atoms. The van der Waals surface area contributed by atoms with Gasteiger partial charge in [-0.05, 0) is 5.57 Å². The molecular weight excluding hydrogens is 265 g/mol. The second kappa shape index (κ2) is 3.05. The van der Waals surface area contributed by atoms with Gasteiger partial charge in [0.05, 0.1) is 6.04 Å². The molecule has 1 heterocycles. The van der Waals surface area contributed by atoms with E-state index in [0.29, 0.717) is 0 Å². The molecule has 0 spiro atoms. The normalized spacial score (nSPS) is 32.4. The van der Waals surface area contributed by atoms with Gasteiger partial charge in [-0.15, -0.1) is 0 Å². The molecule has 0 radical (unpaired) electrons. The van der Waals surface area contributed by atoms with Gasteiger partial charge in [0.15, 0.2) is 0 Å². The Hall–Kier alpha value is -0.580. The van der Waals surface area contributed by atoms with Crippen LogP contribution in [0.25, 0.3) is 0 Å². The van der Waals surface area contributed by atoms with E-state index in [4.69, 9.17) is 0 Å². The zero-order valence-electron chi connectivity index (χ0n) is 6.33. The number of allylic oxidation sites excluding steroid dienone is 2. The molecule has 3 heteroatoms. The number of halogens is 1. The Morgan fingerprint density at radius 3 is 3.08 bits per heavy atom. The highest BCUT2D eigenvalue weighted by molar-refractivity contribution is 14.1. The van der Waals surface area contributed by atoms with Crippen LogP contribution in [-0.4, -0.2) is 15.9 Å². The molecule has 0 aromatic rings. The first-order valence-corrected chi connectivity index (χ1v) is 5.03. The Morgan fingerprint density at radius 1 is 1.42 bits per heavy atom. The van der Waals surface area contributed by atoms with Crippen molar-refractivity contribution in [1.29, 1.82) is 0 Å². The monoisotopic (exact) mass is 273 g/mol. The first-order valence-electron chi connectivity index (χ1n) is 3.78. The SMILES string of the molecule is O=C1NC2C=CC=CC2=CC1I. The zero-order chi connectivity index (χ0) is 8.55. The lowest BCUT2D eigenvalue weighted by Crippen LogP contribution is -2.43. The van der Waals surface area contributed by atoms with E-state index in [0.717, 1.165) is 0 Å². The van der Waals surface area contributed by atoms with Crippen molar-refractivity contribution in [3.05, 3.63) is 36.0 Å². The van der Waals surface area contributed by atoms with Gasteiger partial charge in [0.25, 0.3) is 0 Å². The number of rotatable bonds is 0. The Bertz CT molecular complexity index is 304. The summed E-state index contributed by atoms with van der Waals surface area (Å²) < 4.78 is -0.0231. The number of amides is 1.